The van der Waals surface area contributed by atoms with Crippen molar-refractivity contribution in [2.24, 2.45) is 5.41 Å². The van der Waals surface area contributed by atoms with E-state index in [4.69, 9.17) is 9.47 Å². The first-order valence-electron chi connectivity index (χ1n) is 11.1. The predicted octanol–water partition coefficient (Wildman–Crippen LogP) is 1.56. The third-order valence-corrected chi connectivity index (χ3v) is 8.35. The molecule has 0 aromatic heterocycles. The molecule has 9 heteroatoms. The number of piperazine rings is 1. The van der Waals surface area contributed by atoms with Gasteiger partial charge in [0.05, 0.1) is 18.8 Å². The zero-order chi connectivity index (χ0) is 22.1. The molecule has 1 aromatic rings. The molecule has 1 spiro atoms. The minimum absolute atomic E-state index is 0.0584. The fraction of sp³-hybridized carbons (Fsp3) is 0.682. The second-order valence-electron chi connectivity index (χ2n) is 8.99. The fourth-order valence-corrected chi connectivity index (χ4v) is 5.85. The zero-order valence-corrected chi connectivity index (χ0v) is 19.3. The van der Waals surface area contributed by atoms with Crippen molar-refractivity contribution in [3.05, 3.63) is 24.3 Å². The van der Waals surface area contributed by atoms with E-state index in [1.807, 2.05) is 12.1 Å². The van der Waals surface area contributed by atoms with E-state index < -0.39 is 15.4 Å². The summed E-state index contributed by atoms with van der Waals surface area (Å²) in [6, 6.07) is 8.18. The van der Waals surface area contributed by atoms with Gasteiger partial charge in [0.2, 0.25) is 10.0 Å². The normalized spacial score (nSPS) is 25.0. The molecule has 1 unspecified atom stereocenters. The zero-order valence-electron chi connectivity index (χ0n) is 18.5. The number of anilines is 1. The number of carbonyl (C=O) groups excluding carboxylic acids is 1. The molecule has 3 aliphatic heterocycles. The van der Waals surface area contributed by atoms with Crippen LogP contribution in [0.15, 0.2) is 24.3 Å². The number of methoxy groups -OCH3 is 1. The first-order valence-corrected chi connectivity index (χ1v) is 12.9. The number of carbonyl (C=O) groups is 1. The van der Waals surface area contributed by atoms with Crippen LogP contribution < -0.4 is 9.64 Å². The van der Waals surface area contributed by atoms with Gasteiger partial charge in [0.25, 0.3) is 0 Å². The molecule has 4 rings (SSSR count). The van der Waals surface area contributed by atoms with Crippen molar-refractivity contribution in [3.8, 4) is 5.75 Å². The molecule has 1 atom stereocenters. The summed E-state index contributed by atoms with van der Waals surface area (Å²) in [6.45, 7) is 5.66. The van der Waals surface area contributed by atoms with Crippen molar-refractivity contribution in [2.45, 2.75) is 31.8 Å². The SMILES string of the molecule is COc1ccc(N2CCN(CCC3CC4(CCN(S(C)(=O)=O)CC4)C(=O)O3)CC2)cc1. The summed E-state index contributed by atoms with van der Waals surface area (Å²) in [7, 11) is -1.52. The number of hydrogen-bond acceptors (Lipinski definition) is 7. The maximum absolute atomic E-state index is 12.6. The Labute approximate surface area is 185 Å². The molecule has 0 saturated carbocycles. The molecule has 1 aromatic carbocycles. The van der Waals surface area contributed by atoms with Gasteiger partial charge in [-0.25, -0.2) is 12.7 Å². The van der Waals surface area contributed by atoms with Gasteiger partial charge >= 0.3 is 5.97 Å². The molecule has 0 bridgehead atoms. The second-order valence-corrected chi connectivity index (χ2v) is 11.0. The number of esters is 1. The van der Waals surface area contributed by atoms with Crippen LogP contribution in [-0.4, -0.2) is 88.9 Å². The maximum atomic E-state index is 12.6. The van der Waals surface area contributed by atoms with Gasteiger partial charge < -0.3 is 14.4 Å². The highest BCUT2D eigenvalue weighted by atomic mass is 32.2. The smallest absolute Gasteiger partial charge is 0.312 e. The summed E-state index contributed by atoms with van der Waals surface area (Å²) >= 11 is 0. The van der Waals surface area contributed by atoms with Crippen LogP contribution in [0, 0.1) is 5.41 Å². The average Bonchev–Trinajstić information content (AvgIpc) is 3.07. The Hall–Kier alpha value is -1.84. The van der Waals surface area contributed by atoms with Gasteiger partial charge in [0.15, 0.2) is 0 Å². The molecule has 3 heterocycles. The number of piperidine rings is 1. The van der Waals surface area contributed by atoms with E-state index in [2.05, 4.69) is 21.9 Å². The van der Waals surface area contributed by atoms with Gasteiger partial charge in [0, 0.05) is 57.9 Å². The molecular formula is C22H33N3O5S. The standard InChI is InChI=1S/C22H33N3O5S/c1-29-19-5-3-18(4-6-19)24-15-13-23(14-16-24)10-7-20-17-22(21(26)30-20)8-11-25(12-9-22)31(2,27)28/h3-6,20H,7-17H2,1-2H3. The minimum Gasteiger partial charge on any atom is -0.497 e. The van der Waals surface area contributed by atoms with Crippen molar-refractivity contribution in [1.82, 2.24) is 9.21 Å². The molecule has 0 N–H and O–H groups in total. The summed E-state index contributed by atoms with van der Waals surface area (Å²) in [6.07, 6.45) is 3.86. The second kappa shape index (κ2) is 8.96. The quantitative estimate of drug-likeness (QED) is 0.608. The highest BCUT2D eigenvalue weighted by Crippen LogP contribution is 2.44. The third kappa shape index (κ3) is 4.99. The summed E-state index contributed by atoms with van der Waals surface area (Å²) in [4.78, 5) is 17.4. The van der Waals surface area contributed by atoms with E-state index in [0.717, 1.165) is 51.3 Å². The summed E-state index contributed by atoms with van der Waals surface area (Å²) in [5.74, 6) is 0.739. The molecule has 0 radical (unpaired) electrons. The average molecular weight is 452 g/mol. The van der Waals surface area contributed by atoms with Gasteiger partial charge in [-0.05, 0) is 43.5 Å². The molecule has 172 valence electrons. The maximum Gasteiger partial charge on any atom is 0.312 e. The Morgan fingerprint density at radius 2 is 1.71 bits per heavy atom. The molecule has 8 nitrogen and oxygen atoms in total. The molecule has 31 heavy (non-hydrogen) atoms. The molecule has 0 amide bonds. The lowest BCUT2D eigenvalue weighted by Crippen LogP contribution is -2.47. The summed E-state index contributed by atoms with van der Waals surface area (Å²) in [5, 5.41) is 0. The van der Waals surface area contributed by atoms with E-state index in [-0.39, 0.29) is 12.1 Å². The topological polar surface area (TPSA) is 79.4 Å². The van der Waals surface area contributed by atoms with Crippen molar-refractivity contribution < 1.29 is 22.7 Å². The number of rotatable bonds is 6. The van der Waals surface area contributed by atoms with Crippen LogP contribution in [-0.2, 0) is 19.6 Å². The number of benzene rings is 1. The first kappa shape index (κ1) is 22.4. The van der Waals surface area contributed by atoms with E-state index in [9.17, 15) is 13.2 Å². The predicted molar refractivity (Wildman–Crippen MR) is 119 cm³/mol. The van der Waals surface area contributed by atoms with Crippen molar-refractivity contribution >= 4 is 21.7 Å². The third-order valence-electron chi connectivity index (χ3n) is 7.05. The Balaban J connectivity index is 1.22. The van der Waals surface area contributed by atoms with E-state index in [0.29, 0.717) is 25.9 Å². The largest absolute Gasteiger partial charge is 0.497 e. The van der Waals surface area contributed by atoms with Crippen LogP contribution in [0.2, 0.25) is 0 Å². The van der Waals surface area contributed by atoms with Crippen molar-refractivity contribution in [1.29, 1.82) is 0 Å². The monoisotopic (exact) mass is 451 g/mol. The van der Waals surface area contributed by atoms with Crippen molar-refractivity contribution in [2.75, 3.05) is 64.1 Å². The van der Waals surface area contributed by atoms with Crippen LogP contribution in [0.5, 0.6) is 5.75 Å². The summed E-state index contributed by atoms with van der Waals surface area (Å²) in [5.41, 5.74) is 0.728. The van der Waals surface area contributed by atoms with Crippen molar-refractivity contribution in [3.63, 3.8) is 0 Å². The van der Waals surface area contributed by atoms with E-state index in [1.165, 1.54) is 16.2 Å². The van der Waals surface area contributed by atoms with E-state index in [1.54, 1.807) is 7.11 Å². The van der Waals surface area contributed by atoms with Crippen LogP contribution in [0.1, 0.15) is 25.7 Å². The van der Waals surface area contributed by atoms with Gasteiger partial charge in [-0.1, -0.05) is 0 Å². The van der Waals surface area contributed by atoms with Crippen LogP contribution in [0.4, 0.5) is 5.69 Å². The number of hydrogen-bond donors (Lipinski definition) is 0. The van der Waals surface area contributed by atoms with Crippen LogP contribution in [0.25, 0.3) is 0 Å². The van der Waals surface area contributed by atoms with Crippen LogP contribution >= 0.6 is 0 Å². The molecule has 3 aliphatic rings. The lowest BCUT2D eigenvalue weighted by atomic mass is 9.76. The Morgan fingerprint density at radius 1 is 1.06 bits per heavy atom. The Morgan fingerprint density at radius 3 is 2.29 bits per heavy atom. The highest BCUT2D eigenvalue weighted by molar-refractivity contribution is 7.88. The van der Waals surface area contributed by atoms with Gasteiger partial charge in [-0.3, -0.25) is 9.69 Å². The summed E-state index contributed by atoms with van der Waals surface area (Å²) < 4.78 is 35.9. The lowest BCUT2D eigenvalue weighted by molar-refractivity contribution is -0.150. The number of sulfonamides is 1. The molecular weight excluding hydrogens is 418 g/mol. The van der Waals surface area contributed by atoms with Gasteiger partial charge in [-0.2, -0.15) is 0 Å². The van der Waals surface area contributed by atoms with Gasteiger partial charge in [0.1, 0.15) is 11.9 Å². The van der Waals surface area contributed by atoms with Gasteiger partial charge in [-0.15, -0.1) is 0 Å². The molecule has 3 saturated heterocycles. The Kier molecular flexibility index (Phi) is 6.46. The molecule has 3 fully saturated rings. The number of ether oxygens (including phenoxy) is 2. The van der Waals surface area contributed by atoms with Crippen LogP contribution in [0.3, 0.4) is 0 Å². The number of nitrogens with zero attached hydrogens (tertiary/aromatic N) is 3. The first-order chi connectivity index (χ1) is 14.8. The number of cyclic esters (lactones) is 1. The Bertz CT molecular complexity index is 873. The van der Waals surface area contributed by atoms with E-state index >= 15 is 0 Å². The molecule has 0 aliphatic carbocycles. The highest BCUT2D eigenvalue weighted by Gasteiger charge is 2.51. The fourth-order valence-electron chi connectivity index (χ4n) is 5.00. The minimum atomic E-state index is -3.19. The lowest BCUT2D eigenvalue weighted by Gasteiger charge is -2.36.